The lowest BCUT2D eigenvalue weighted by molar-refractivity contribution is 1.22. The summed E-state index contributed by atoms with van der Waals surface area (Å²) in [6, 6.07) is 4.28. The molecule has 0 amide bonds. The van der Waals surface area contributed by atoms with Crippen molar-refractivity contribution < 1.29 is 0 Å². The van der Waals surface area contributed by atoms with E-state index < -0.39 is 0 Å². The molecule has 1 heteroatoms. The first-order valence-electron chi connectivity index (χ1n) is 4.90. The standard InChI is InChI=1S/C9H12S.C2H6.C2H4/c1-6-4-9(10)5-7(2)8(6)3;2*1-2/h4-5,10H,1-3H3;1-2H3;1-2H2/p+1. The lowest BCUT2D eigenvalue weighted by Crippen LogP contribution is -1.86. The highest BCUT2D eigenvalue weighted by Crippen LogP contribution is 2.14. The second-order valence-corrected chi connectivity index (χ2v) is 3.31. The van der Waals surface area contributed by atoms with Gasteiger partial charge in [-0.3, -0.25) is 0 Å². The van der Waals surface area contributed by atoms with Gasteiger partial charge >= 0.3 is 0 Å². The SMILES string of the molecule is C=C.CC.Cc1cc([SH2+])cc(C)c1C. The van der Waals surface area contributed by atoms with E-state index in [1.54, 1.807) is 0 Å². The summed E-state index contributed by atoms with van der Waals surface area (Å²) in [6.07, 6.45) is 0. The summed E-state index contributed by atoms with van der Waals surface area (Å²) in [5, 5.41) is 0. The Morgan fingerprint density at radius 3 is 1.50 bits per heavy atom. The van der Waals surface area contributed by atoms with Crippen molar-refractivity contribution >= 4 is 12.6 Å². The van der Waals surface area contributed by atoms with Crippen LogP contribution in [0.4, 0.5) is 0 Å². The molecule has 0 atom stereocenters. The highest BCUT2D eigenvalue weighted by atomic mass is 32.1. The number of rotatable bonds is 0. The Morgan fingerprint density at radius 1 is 0.929 bits per heavy atom. The van der Waals surface area contributed by atoms with Crippen LogP contribution >= 0.6 is 0 Å². The minimum Gasteiger partial charge on any atom is -0.106 e. The zero-order valence-electron chi connectivity index (χ0n) is 10.1. The van der Waals surface area contributed by atoms with E-state index in [0.29, 0.717) is 0 Å². The van der Waals surface area contributed by atoms with Gasteiger partial charge in [0.15, 0.2) is 4.90 Å². The summed E-state index contributed by atoms with van der Waals surface area (Å²) in [5.74, 6) is 0. The minimum absolute atomic E-state index is 1.17. The first kappa shape index (κ1) is 15.8. The lowest BCUT2D eigenvalue weighted by Gasteiger charge is -2.01. The molecule has 0 fully saturated rings. The third-order valence-electron chi connectivity index (χ3n) is 1.93. The number of aryl methyl sites for hydroxylation is 2. The summed E-state index contributed by atoms with van der Waals surface area (Å²) in [7, 11) is 0. The van der Waals surface area contributed by atoms with Gasteiger partial charge in [0.1, 0.15) is 0 Å². The van der Waals surface area contributed by atoms with Gasteiger partial charge in [0, 0.05) is 0 Å². The maximum absolute atomic E-state index is 3.50. The van der Waals surface area contributed by atoms with Gasteiger partial charge in [-0.15, -0.1) is 13.2 Å². The van der Waals surface area contributed by atoms with E-state index in [0.717, 1.165) is 0 Å². The number of hydrogen-bond donors (Lipinski definition) is 0. The van der Waals surface area contributed by atoms with Gasteiger partial charge < -0.3 is 0 Å². The quantitative estimate of drug-likeness (QED) is 0.452. The molecule has 0 nitrogen and oxygen atoms in total. The average molecular weight is 211 g/mol. The Bertz CT molecular complexity index is 241. The van der Waals surface area contributed by atoms with Gasteiger partial charge in [-0.1, -0.05) is 13.8 Å². The molecule has 1 rings (SSSR count). The Labute approximate surface area is 94.5 Å². The fourth-order valence-electron chi connectivity index (χ4n) is 1.04. The maximum Gasteiger partial charge on any atom is 0.150 e. The molecular weight excluding hydrogens is 188 g/mol. The van der Waals surface area contributed by atoms with Crippen molar-refractivity contribution in [1.29, 1.82) is 0 Å². The zero-order chi connectivity index (χ0) is 11.7. The highest BCUT2D eigenvalue weighted by molar-refractivity contribution is 7.58. The van der Waals surface area contributed by atoms with E-state index in [9.17, 15) is 0 Å². The van der Waals surface area contributed by atoms with E-state index in [1.807, 2.05) is 13.8 Å². The number of hydrogen-bond acceptors (Lipinski definition) is 0. The van der Waals surface area contributed by atoms with Crippen molar-refractivity contribution in [3.63, 3.8) is 0 Å². The maximum atomic E-state index is 3.50. The van der Waals surface area contributed by atoms with Crippen molar-refractivity contribution in [3.8, 4) is 0 Å². The van der Waals surface area contributed by atoms with Gasteiger partial charge in [0.05, 0.1) is 0 Å². The third-order valence-corrected chi connectivity index (χ3v) is 2.22. The molecular formula is C13H23S+. The van der Waals surface area contributed by atoms with Crippen molar-refractivity contribution in [1.82, 2.24) is 0 Å². The third kappa shape index (κ3) is 5.13. The minimum atomic E-state index is 1.17. The summed E-state index contributed by atoms with van der Waals surface area (Å²) < 4.78 is 0. The molecule has 0 aliphatic rings. The fraction of sp³-hybridized carbons (Fsp3) is 0.385. The highest BCUT2D eigenvalue weighted by Gasteiger charge is 1.99. The molecule has 1 aromatic rings. The molecule has 0 radical (unpaired) electrons. The molecule has 0 heterocycles. The fourth-order valence-corrected chi connectivity index (χ4v) is 1.47. The van der Waals surface area contributed by atoms with Gasteiger partial charge in [0.2, 0.25) is 0 Å². The van der Waals surface area contributed by atoms with Gasteiger partial charge in [-0.25, -0.2) is 0 Å². The van der Waals surface area contributed by atoms with Gasteiger partial charge in [-0.05, 0) is 62.2 Å². The molecule has 0 saturated heterocycles. The molecule has 0 aliphatic heterocycles. The van der Waals surface area contributed by atoms with Crippen molar-refractivity contribution in [3.05, 3.63) is 42.0 Å². The Hall–Kier alpha value is -0.690. The second-order valence-electron chi connectivity index (χ2n) is 2.74. The molecule has 0 aliphatic carbocycles. The normalized spacial score (nSPS) is 7.86. The van der Waals surface area contributed by atoms with Crippen LogP contribution in [0.3, 0.4) is 0 Å². The summed E-state index contributed by atoms with van der Waals surface area (Å²) >= 11 is 3.50. The Kier molecular flexibility index (Phi) is 10.0. The van der Waals surface area contributed by atoms with Crippen LogP contribution in [0.15, 0.2) is 30.2 Å². The molecule has 0 saturated carbocycles. The van der Waals surface area contributed by atoms with Crippen molar-refractivity contribution in [2.45, 2.75) is 39.5 Å². The first-order valence-corrected chi connectivity index (χ1v) is 5.40. The van der Waals surface area contributed by atoms with Crippen molar-refractivity contribution in [2.24, 2.45) is 0 Å². The molecule has 0 spiro atoms. The summed E-state index contributed by atoms with van der Waals surface area (Å²) in [4.78, 5) is 1.17. The van der Waals surface area contributed by atoms with Gasteiger partial charge in [0.25, 0.3) is 0 Å². The topological polar surface area (TPSA) is 0 Å². The van der Waals surface area contributed by atoms with E-state index in [-0.39, 0.29) is 0 Å². The van der Waals surface area contributed by atoms with E-state index >= 15 is 0 Å². The molecule has 0 unspecified atom stereocenters. The van der Waals surface area contributed by atoms with Crippen LogP contribution in [0, 0.1) is 20.8 Å². The van der Waals surface area contributed by atoms with Crippen LogP contribution in [0.1, 0.15) is 30.5 Å². The van der Waals surface area contributed by atoms with Crippen LogP contribution in [0.2, 0.25) is 0 Å². The van der Waals surface area contributed by atoms with E-state index in [2.05, 4.69) is 58.7 Å². The van der Waals surface area contributed by atoms with Gasteiger partial charge in [-0.2, -0.15) is 0 Å². The largest absolute Gasteiger partial charge is 0.150 e. The summed E-state index contributed by atoms with van der Waals surface area (Å²) in [5.41, 5.74) is 4.09. The van der Waals surface area contributed by atoms with Crippen LogP contribution in [-0.2, 0) is 12.6 Å². The smallest absolute Gasteiger partial charge is 0.106 e. The predicted molar refractivity (Wildman–Crippen MR) is 71.7 cm³/mol. The average Bonchev–Trinajstić information content (AvgIpc) is 2.20. The van der Waals surface area contributed by atoms with Crippen molar-refractivity contribution in [2.75, 3.05) is 0 Å². The molecule has 0 aromatic heterocycles. The Balaban J connectivity index is 0. The molecule has 14 heavy (non-hydrogen) atoms. The Morgan fingerprint density at radius 2 is 1.21 bits per heavy atom. The lowest BCUT2D eigenvalue weighted by atomic mass is 10.1. The monoisotopic (exact) mass is 211 g/mol. The van der Waals surface area contributed by atoms with Crippen LogP contribution in [0.25, 0.3) is 0 Å². The van der Waals surface area contributed by atoms with Crippen LogP contribution < -0.4 is 0 Å². The number of benzene rings is 1. The van der Waals surface area contributed by atoms with Crippen LogP contribution in [0.5, 0.6) is 0 Å². The zero-order valence-corrected chi connectivity index (χ0v) is 11.1. The predicted octanol–water partition coefficient (Wildman–Crippen LogP) is 3.81. The van der Waals surface area contributed by atoms with Crippen LogP contribution in [-0.4, -0.2) is 0 Å². The molecule has 80 valence electrons. The molecule has 1 aromatic carbocycles. The molecule has 0 bridgehead atoms. The van der Waals surface area contributed by atoms with E-state index in [4.69, 9.17) is 0 Å². The molecule has 0 N–H and O–H groups in total. The summed E-state index contributed by atoms with van der Waals surface area (Å²) in [6.45, 7) is 16.4. The first-order chi connectivity index (χ1) is 6.61. The van der Waals surface area contributed by atoms with E-state index in [1.165, 1.54) is 21.6 Å². The second kappa shape index (κ2) is 8.89.